The minimum atomic E-state index is -4.21. The van der Waals surface area contributed by atoms with E-state index in [2.05, 4.69) is 0 Å². The monoisotopic (exact) mass is 316 g/mol. The van der Waals surface area contributed by atoms with Crippen LogP contribution in [0.1, 0.15) is 12.0 Å². The van der Waals surface area contributed by atoms with Crippen LogP contribution in [0.4, 0.5) is 13.2 Å². The fourth-order valence-electron chi connectivity index (χ4n) is 1.62. The Morgan fingerprint density at radius 3 is 2.00 bits per heavy atom. The maximum absolute atomic E-state index is 12.1. The molecule has 6 heteroatoms. The lowest BCUT2D eigenvalue weighted by Gasteiger charge is -2.30. The van der Waals surface area contributed by atoms with Gasteiger partial charge in [0, 0.05) is 22.9 Å². The van der Waals surface area contributed by atoms with Crippen molar-refractivity contribution in [1.82, 2.24) is 0 Å². The lowest BCUT2D eigenvalue weighted by molar-refractivity contribution is -0.0328. The molecule has 0 saturated heterocycles. The van der Waals surface area contributed by atoms with E-state index in [9.17, 15) is 13.2 Å². The summed E-state index contributed by atoms with van der Waals surface area (Å²) in [7, 11) is 0. The second-order valence-electron chi connectivity index (χ2n) is 3.96. The van der Waals surface area contributed by atoms with Gasteiger partial charge in [0.05, 0.1) is 0 Å². The van der Waals surface area contributed by atoms with Crippen molar-refractivity contribution in [2.45, 2.75) is 17.3 Å². The number of alkyl halides is 5. The summed E-state index contributed by atoms with van der Waals surface area (Å²) in [5, 5.41) is 0. The SMILES string of the molecule is FC(F)(F)SCCC(CCl)(CCl)c1ccccc1. The van der Waals surface area contributed by atoms with Crippen LogP contribution in [0.25, 0.3) is 0 Å². The second-order valence-corrected chi connectivity index (χ2v) is 5.65. The van der Waals surface area contributed by atoms with Gasteiger partial charge in [-0.3, -0.25) is 0 Å². The highest BCUT2D eigenvalue weighted by Crippen LogP contribution is 2.36. The molecule has 0 nitrogen and oxygen atoms in total. The highest BCUT2D eigenvalue weighted by atomic mass is 35.5. The van der Waals surface area contributed by atoms with Gasteiger partial charge in [-0.15, -0.1) is 23.2 Å². The number of thioether (sulfide) groups is 1. The van der Waals surface area contributed by atoms with Gasteiger partial charge in [-0.1, -0.05) is 42.1 Å². The van der Waals surface area contributed by atoms with E-state index in [1.54, 1.807) is 0 Å². The Hall–Kier alpha value is -0.0600. The first-order valence-electron chi connectivity index (χ1n) is 5.32. The van der Waals surface area contributed by atoms with Crippen LogP contribution in [0.3, 0.4) is 0 Å². The molecular formula is C12H13Cl2F3S. The molecule has 18 heavy (non-hydrogen) atoms. The molecule has 0 radical (unpaired) electrons. The quantitative estimate of drug-likeness (QED) is 0.662. The van der Waals surface area contributed by atoms with Gasteiger partial charge >= 0.3 is 5.51 Å². The van der Waals surface area contributed by atoms with Crippen LogP contribution >= 0.6 is 35.0 Å². The standard InChI is InChI=1S/C12H13Cl2F3S/c13-8-11(9-14,6-7-18-12(15,16)17)10-4-2-1-3-5-10/h1-5H,6-9H2. The molecule has 1 rings (SSSR count). The Balaban J connectivity index is 2.76. The molecule has 1 aromatic rings. The maximum Gasteiger partial charge on any atom is 0.441 e. The first kappa shape index (κ1) is 16.0. The zero-order chi connectivity index (χ0) is 13.6. The number of hydrogen-bond acceptors (Lipinski definition) is 1. The minimum absolute atomic E-state index is 0.0314. The van der Waals surface area contributed by atoms with Gasteiger partial charge in [-0.25, -0.2) is 0 Å². The topological polar surface area (TPSA) is 0 Å². The van der Waals surface area contributed by atoms with E-state index in [1.807, 2.05) is 30.3 Å². The molecule has 0 N–H and O–H groups in total. The Bertz CT molecular complexity index is 350. The van der Waals surface area contributed by atoms with E-state index in [-0.39, 0.29) is 29.3 Å². The molecule has 0 aliphatic rings. The van der Waals surface area contributed by atoms with Gasteiger partial charge < -0.3 is 0 Å². The smallest absolute Gasteiger partial charge is 0.160 e. The molecule has 0 heterocycles. The Labute approximate surface area is 119 Å². The van der Waals surface area contributed by atoms with E-state index < -0.39 is 10.9 Å². The molecule has 0 aromatic heterocycles. The molecule has 0 unspecified atom stereocenters. The van der Waals surface area contributed by atoms with Crippen LogP contribution in [0.2, 0.25) is 0 Å². The van der Waals surface area contributed by atoms with Crippen molar-refractivity contribution in [1.29, 1.82) is 0 Å². The second kappa shape index (κ2) is 6.92. The summed E-state index contributed by atoms with van der Waals surface area (Å²) in [6, 6.07) is 9.22. The molecule has 0 bridgehead atoms. The summed E-state index contributed by atoms with van der Waals surface area (Å²) in [6.07, 6.45) is 0.300. The number of hydrogen-bond donors (Lipinski definition) is 0. The fourth-order valence-corrected chi connectivity index (χ4v) is 3.21. The van der Waals surface area contributed by atoms with Gasteiger partial charge in [-0.2, -0.15) is 13.2 Å². The van der Waals surface area contributed by atoms with Crippen LogP contribution in [0.5, 0.6) is 0 Å². The molecule has 0 saturated carbocycles. The summed E-state index contributed by atoms with van der Waals surface area (Å²) in [5.74, 6) is 0.371. The van der Waals surface area contributed by atoms with Crippen molar-refractivity contribution in [2.75, 3.05) is 17.5 Å². The lowest BCUT2D eigenvalue weighted by atomic mass is 9.82. The van der Waals surface area contributed by atoms with Crippen molar-refractivity contribution in [2.24, 2.45) is 0 Å². The van der Waals surface area contributed by atoms with Gasteiger partial charge in [0.2, 0.25) is 0 Å². The summed E-state index contributed by atoms with van der Waals surface area (Å²) in [6.45, 7) is 0. The lowest BCUT2D eigenvalue weighted by Crippen LogP contribution is -2.31. The molecule has 0 aliphatic carbocycles. The summed E-state index contributed by atoms with van der Waals surface area (Å²) in [4.78, 5) is 0. The normalized spacial score (nSPS) is 12.7. The zero-order valence-corrected chi connectivity index (χ0v) is 11.8. The number of benzene rings is 1. The predicted molar refractivity (Wildman–Crippen MR) is 72.7 cm³/mol. The summed E-state index contributed by atoms with van der Waals surface area (Å²) in [5.41, 5.74) is -3.92. The predicted octanol–water partition coefficient (Wildman–Crippen LogP) is 5.05. The van der Waals surface area contributed by atoms with Gasteiger partial charge in [0.15, 0.2) is 0 Å². The van der Waals surface area contributed by atoms with Crippen molar-refractivity contribution in [3.63, 3.8) is 0 Å². The Kier molecular flexibility index (Phi) is 6.15. The summed E-state index contributed by atoms with van der Waals surface area (Å²) < 4.78 is 36.4. The largest absolute Gasteiger partial charge is 0.441 e. The highest BCUT2D eigenvalue weighted by Gasteiger charge is 2.34. The highest BCUT2D eigenvalue weighted by molar-refractivity contribution is 8.00. The van der Waals surface area contributed by atoms with Crippen molar-refractivity contribution >= 4 is 35.0 Å². The molecule has 0 fully saturated rings. The Morgan fingerprint density at radius 1 is 1.00 bits per heavy atom. The van der Waals surface area contributed by atoms with Crippen LogP contribution in [-0.2, 0) is 5.41 Å². The van der Waals surface area contributed by atoms with Crippen LogP contribution in [0.15, 0.2) is 30.3 Å². The molecule has 0 spiro atoms. The van der Waals surface area contributed by atoms with Gasteiger partial charge in [0.25, 0.3) is 0 Å². The molecular weight excluding hydrogens is 304 g/mol. The van der Waals surface area contributed by atoms with Crippen molar-refractivity contribution < 1.29 is 13.2 Å². The molecule has 0 amide bonds. The number of halogens is 5. The van der Waals surface area contributed by atoms with E-state index in [0.29, 0.717) is 6.42 Å². The first-order valence-corrected chi connectivity index (χ1v) is 7.37. The van der Waals surface area contributed by atoms with E-state index in [4.69, 9.17) is 23.2 Å². The average Bonchev–Trinajstić information content (AvgIpc) is 2.35. The van der Waals surface area contributed by atoms with E-state index in [0.717, 1.165) is 5.56 Å². The molecule has 0 aliphatic heterocycles. The van der Waals surface area contributed by atoms with Crippen molar-refractivity contribution in [3.05, 3.63) is 35.9 Å². The molecule has 1 aromatic carbocycles. The number of rotatable bonds is 6. The minimum Gasteiger partial charge on any atom is -0.160 e. The molecule has 0 atom stereocenters. The van der Waals surface area contributed by atoms with Crippen molar-refractivity contribution in [3.8, 4) is 0 Å². The third-order valence-corrected chi connectivity index (χ3v) is 4.50. The van der Waals surface area contributed by atoms with Crippen LogP contribution in [-0.4, -0.2) is 23.0 Å². The average molecular weight is 317 g/mol. The maximum atomic E-state index is 12.1. The summed E-state index contributed by atoms with van der Waals surface area (Å²) >= 11 is 11.8. The Morgan fingerprint density at radius 2 is 1.56 bits per heavy atom. The van der Waals surface area contributed by atoms with E-state index in [1.165, 1.54) is 0 Å². The third kappa shape index (κ3) is 4.56. The fraction of sp³-hybridized carbons (Fsp3) is 0.500. The zero-order valence-electron chi connectivity index (χ0n) is 9.51. The van der Waals surface area contributed by atoms with E-state index >= 15 is 0 Å². The van der Waals surface area contributed by atoms with Gasteiger partial charge in [-0.05, 0) is 12.0 Å². The molecule has 102 valence electrons. The van der Waals surface area contributed by atoms with Gasteiger partial charge in [0.1, 0.15) is 0 Å². The first-order chi connectivity index (χ1) is 8.43. The van der Waals surface area contributed by atoms with Crippen LogP contribution < -0.4 is 0 Å². The third-order valence-electron chi connectivity index (χ3n) is 2.74. The van der Waals surface area contributed by atoms with Crippen LogP contribution in [0, 0.1) is 0 Å².